The van der Waals surface area contributed by atoms with Crippen molar-refractivity contribution in [3.63, 3.8) is 0 Å². The SMILES string of the molecule is N#Cc1ccc(C(=O)c2nccc(Cl)n2)cc1. The van der Waals surface area contributed by atoms with E-state index in [1.165, 1.54) is 12.3 Å². The average Bonchev–Trinajstić information content (AvgIpc) is 2.38. The molecule has 0 aliphatic heterocycles. The monoisotopic (exact) mass is 243 g/mol. The maximum atomic E-state index is 11.9. The van der Waals surface area contributed by atoms with Gasteiger partial charge in [0.2, 0.25) is 11.6 Å². The first-order valence-electron chi connectivity index (χ1n) is 4.74. The summed E-state index contributed by atoms with van der Waals surface area (Å²) in [7, 11) is 0. The van der Waals surface area contributed by atoms with E-state index in [-0.39, 0.29) is 16.8 Å². The van der Waals surface area contributed by atoms with E-state index in [9.17, 15) is 4.79 Å². The average molecular weight is 244 g/mol. The fourth-order valence-electron chi connectivity index (χ4n) is 1.27. The van der Waals surface area contributed by atoms with Crippen LogP contribution in [-0.4, -0.2) is 15.8 Å². The van der Waals surface area contributed by atoms with E-state index in [0.717, 1.165) is 0 Å². The highest BCUT2D eigenvalue weighted by Crippen LogP contribution is 2.09. The molecular weight excluding hydrogens is 238 g/mol. The van der Waals surface area contributed by atoms with E-state index in [2.05, 4.69) is 9.97 Å². The standard InChI is InChI=1S/C12H6ClN3O/c13-10-5-6-15-12(16-10)11(17)9-3-1-8(7-14)2-4-9/h1-6H. The molecule has 1 aromatic carbocycles. The second-order valence-corrected chi connectivity index (χ2v) is 3.61. The lowest BCUT2D eigenvalue weighted by atomic mass is 10.1. The lowest BCUT2D eigenvalue weighted by Crippen LogP contribution is -2.06. The van der Waals surface area contributed by atoms with Crippen LogP contribution in [0.1, 0.15) is 21.7 Å². The van der Waals surface area contributed by atoms with Crippen molar-refractivity contribution in [2.45, 2.75) is 0 Å². The van der Waals surface area contributed by atoms with Crippen molar-refractivity contribution in [2.24, 2.45) is 0 Å². The third-order valence-corrected chi connectivity index (χ3v) is 2.31. The summed E-state index contributed by atoms with van der Waals surface area (Å²) in [4.78, 5) is 19.6. The number of nitriles is 1. The normalized spacial score (nSPS) is 9.65. The summed E-state index contributed by atoms with van der Waals surface area (Å²) in [6.07, 6.45) is 1.42. The van der Waals surface area contributed by atoms with Crippen molar-refractivity contribution in [3.8, 4) is 6.07 Å². The second-order valence-electron chi connectivity index (χ2n) is 3.22. The zero-order valence-corrected chi connectivity index (χ0v) is 9.35. The first-order valence-corrected chi connectivity index (χ1v) is 5.12. The Morgan fingerprint density at radius 1 is 1.24 bits per heavy atom. The van der Waals surface area contributed by atoms with E-state index in [0.29, 0.717) is 11.1 Å². The number of carbonyl (C=O) groups excluding carboxylic acids is 1. The first-order chi connectivity index (χ1) is 8.20. The van der Waals surface area contributed by atoms with Crippen LogP contribution in [0.4, 0.5) is 0 Å². The molecule has 2 rings (SSSR count). The van der Waals surface area contributed by atoms with Gasteiger partial charge in [0, 0.05) is 11.8 Å². The van der Waals surface area contributed by atoms with Crippen molar-refractivity contribution in [2.75, 3.05) is 0 Å². The Balaban J connectivity index is 2.34. The summed E-state index contributed by atoms with van der Waals surface area (Å²) >= 11 is 5.68. The molecule has 0 saturated heterocycles. The van der Waals surface area contributed by atoms with E-state index >= 15 is 0 Å². The number of carbonyl (C=O) groups is 1. The zero-order chi connectivity index (χ0) is 12.3. The molecule has 0 fully saturated rings. The molecule has 0 atom stereocenters. The number of aromatic nitrogens is 2. The minimum Gasteiger partial charge on any atom is -0.285 e. The maximum absolute atomic E-state index is 11.9. The number of benzene rings is 1. The van der Waals surface area contributed by atoms with Crippen LogP contribution >= 0.6 is 11.6 Å². The quantitative estimate of drug-likeness (QED) is 0.599. The number of hydrogen-bond acceptors (Lipinski definition) is 4. The predicted molar refractivity (Wildman–Crippen MR) is 61.6 cm³/mol. The molecule has 5 heteroatoms. The molecule has 0 bridgehead atoms. The fraction of sp³-hybridized carbons (Fsp3) is 0. The molecule has 0 amide bonds. The highest BCUT2D eigenvalue weighted by Gasteiger charge is 2.12. The van der Waals surface area contributed by atoms with Crippen molar-refractivity contribution in [3.05, 3.63) is 58.6 Å². The van der Waals surface area contributed by atoms with Crippen LogP contribution in [0, 0.1) is 11.3 Å². The fourth-order valence-corrected chi connectivity index (χ4v) is 1.41. The third kappa shape index (κ3) is 2.47. The lowest BCUT2D eigenvalue weighted by molar-refractivity contribution is 0.102. The maximum Gasteiger partial charge on any atom is 0.230 e. The number of rotatable bonds is 2. The summed E-state index contributed by atoms with van der Waals surface area (Å²) in [5, 5.41) is 8.86. The summed E-state index contributed by atoms with van der Waals surface area (Å²) < 4.78 is 0. The highest BCUT2D eigenvalue weighted by molar-refractivity contribution is 6.29. The molecule has 0 radical (unpaired) electrons. The summed E-state index contributed by atoms with van der Waals surface area (Å²) in [5.74, 6) is -0.279. The summed E-state index contributed by atoms with van der Waals surface area (Å²) in [6, 6.07) is 9.73. The summed E-state index contributed by atoms with van der Waals surface area (Å²) in [5.41, 5.74) is 0.917. The van der Waals surface area contributed by atoms with Crippen molar-refractivity contribution >= 4 is 17.4 Å². The van der Waals surface area contributed by atoms with Gasteiger partial charge in [0.05, 0.1) is 11.6 Å². The van der Waals surface area contributed by atoms with Crippen LogP contribution in [0.5, 0.6) is 0 Å². The second kappa shape index (κ2) is 4.73. The largest absolute Gasteiger partial charge is 0.285 e. The minimum atomic E-state index is -0.322. The summed E-state index contributed by atoms with van der Waals surface area (Å²) in [6.45, 7) is 0. The van der Waals surface area contributed by atoms with Crippen LogP contribution in [0.25, 0.3) is 0 Å². The third-order valence-electron chi connectivity index (χ3n) is 2.10. The van der Waals surface area contributed by atoms with Gasteiger partial charge in [-0.3, -0.25) is 4.79 Å². The first kappa shape index (κ1) is 11.2. The van der Waals surface area contributed by atoms with Crippen molar-refractivity contribution in [1.29, 1.82) is 5.26 Å². The molecule has 2 aromatic rings. The van der Waals surface area contributed by atoms with E-state index < -0.39 is 0 Å². The Kier molecular flexibility index (Phi) is 3.12. The number of hydrogen-bond donors (Lipinski definition) is 0. The molecule has 0 saturated carbocycles. The molecule has 0 spiro atoms. The minimum absolute atomic E-state index is 0.0437. The van der Waals surface area contributed by atoms with Crippen LogP contribution < -0.4 is 0 Å². The van der Waals surface area contributed by atoms with Crippen molar-refractivity contribution in [1.82, 2.24) is 9.97 Å². The van der Waals surface area contributed by atoms with Gasteiger partial charge >= 0.3 is 0 Å². The van der Waals surface area contributed by atoms with Crippen LogP contribution in [0.3, 0.4) is 0 Å². The molecule has 1 aromatic heterocycles. The smallest absolute Gasteiger partial charge is 0.230 e. The van der Waals surface area contributed by atoms with Gasteiger partial charge in [-0.15, -0.1) is 0 Å². The van der Waals surface area contributed by atoms with E-state index in [1.807, 2.05) is 6.07 Å². The predicted octanol–water partition coefficient (Wildman–Crippen LogP) is 2.23. The van der Waals surface area contributed by atoms with Gasteiger partial charge in [0.25, 0.3) is 0 Å². The Hall–Kier alpha value is -2.25. The molecule has 0 unspecified atom stereocenters. The molecular formula is C12H6ClN3O. The Morgan fingerprint density at radius 3 is 2.53 bits per heavy atom. The Labute approximate surface area is 103 Å². The van der Waals surface area contributed by atoms with Gasteiger partial charge in [0.15, 0.2) is 0 Å². The van der Waals surface area contributed by atoms with Gasteiger partial charge < -0.3 is 0 Å². The van der Waals surface area contributed by atoms with Crippen molar-refractivity contribution < 1.29 is 4.79 Å². The highest BCUT2D eigenvalue weighted by atomic mass is 35.5. The van der Waals surface area contributed by atoms with Gasteiger partial charge in [0.1, 0.15) is 5.15 Å². The molecule has 0 N–H and O–H groups in total. The number of ketones is 1. The molecule has 82 valence electrons. The lowest BCUT2D eigenvalue weighted by Gasteiger charge is -1.99. The van der Waals surface area contributed by atoms with Gasteiger partial charge in [-0.1, -0.05) is 11.6 Å². The molecule has 0 aliphatic rings. The molecule has 4 nitrogen and oxygen atoms in total. The van der Waals surface area contributed by atoms with Crippen LogP contribution in [0.15, 0.2) is 36.5 Å². The Morgan fingerprint density at radius 2 is 1.94 bits per heavy atom. The number of nitrogens with zero attached hydrogens (tertiary/aromatic N) is 3. The molecule has 1 heterocycles. The van der Waals surface area contributed by atoms with Crippen LogP contribution in [-0.2, 0) is 0 Å². The van der Waals surface area contributed by atoms with E-state index in [1.54, 1.807) is 24.3 Å². The van der Waals surface area contributed by atoms with Crippen LogP contribution in [0.2, 0.25) is 5.15 Å². The van der Waals surface area contributed by atoms with Gasteiger partial charge in [-0.05, 0) is 30.3 Å². The zero-order valence-electron chi connectivity index (χ0n) is 8.59. The molecule has 0 aliphatic carbocycles. The number of halogens is 1. The topological polar surface area (TPSA) is 66.6 Å². The van der Waals surface area contributed by atoms with Gasteiger partial charge in [-0.25, -0.2) is 9.97 Å². The van der Waals surface area contributed by atoms with Gasteiger partial charge in [-0.2, -0.15) is 5.26 Å². The Bertz CT molecular complexity index is 602. The van der Waals surface area contributed by atoms with E-state index in [4.69, 9.17) is 16.9 Å². The molecule has 17 heavy (non-hydrogen) atoms.